The molecule has 0 atom stereocenters. The molecule has 0 aromatic heterocycles. The van der Waals surface area contributed by atoms with Crippen LogP contribution in [0.15, 0.2) is 12.1 Å². The Labute approximate surface area is 384 Å². The number of benzene rings is 2. The Morgan fingerprint density at radius 1 is 0.528 bits per heavy atom. The van der Waals surface area contributed by atoms with Crippen LogP contribution in [-0.4, -0.2) is 163 Å². The maximum atomic E-state index is 14.6. The highest BCUT2D eigenvalue weighted by Crippen LogP contribution is 2.33. The molecule has 0 bridgehead atoms. The first kappa shape index (κ1) is 49.0. The molecule has 294 valence electrons. The first-order chi connectivity index (χ1) is 25.1. The summed E-state index contributed by atoms with van der Waals surface area (Å²) in [4.78, 5) is 69.0. The van der Waals surface area contributed by atoms with E-state index in [2.05, 4.69) is 10.6 Å². The fraction of sp³-hybridized carbons (Fsp3) is 0.414. The average Bonchev–Trinajstić information content (AvgIpc) is 3.11. The van der Waals surface area contributed by atoms with Crippen LogP contribution >= 0.6 is 136 Å². The predicted molar refractivity (Wildman–Crippen MR) is 236 cm³/mol. The first-order valence-electron chi connectivity index (χ1n) is 14.8. The van der Waals surface area contributed by atoms with Gasteiger partial charge >= 0.3 is 0 Å². The second kappa shape index (κ2) is 23.3. The molecule has 10 N–H and O–H groups in total. The van der Waals surface area contributed by atoms with Crippen molar-refractivity contribution < 1.29 is 64.8 Å². The van der Waals surface area contributed by atoms with Crippen LogP contribution in [0.4, 0.5) is 0 Å². The Morgan fingerprint density at radius 2 is 0.811 bits per heavy atom. The number of hydrazine groups is 2. The minimum atomic E-state index is -1.64. The molecule has 0 radical (unpaired) electrons. The summed E-state index contributed by atoms with van der Waals surface area (Å²) in [5.74, 6) is -3.80. The van der Waals surface area contributed by atoms with Crippen LogP contribution < -0.4 is 10.6 Å². The Balaban J connectivity index is 2.93. The zero-order valence-corrected chi connectivity index (χ0v) is 39.9. The van der Waals surface area contributed by atoms with Gasteiger partial charge in [0.15, 0.2) is 0 Å². The highest BCUT2D eigenvalue weighted by Gasteiger charge is 2.41. The van der Waals surface area contributed by atoms with Gasteiger partial charge in [0.2, 0.25) is 6.41 Å². The van der Waals surface area contributed by atoms with E-state index < -0.39 is 101 Å². The highest BCUT2D eigenvalue weighted by molar-refractivity contribution is 14.1. The fourth-order valence-electron chi connectivity index (χ4n) is 4.51. The molecule has 0 unspecified atom stereocenters. The third kappa shape index (κ3) is 11.5. The second-order valence-electron chi connectivity index (χ2n) is 10.6. The molecule has 0 spiro atoms. The zero-order chi connectivity index (χ0) is 40.3. The van der Waals surface area contributed by atoms with Gasteiger partial charge in [-0.05, 0) is 148 Å². The minimum absolute atomic E-state index is 0.0155. The van der Waals surface area contributed by atoms with Crippen molar-refractivity contribution in [3.63, 3.8) is 0 Å². The van der Waals surface area contributed by atoms with E-state index >= 15 is 0 Å². The van der Waals surface area contributed by atoms with Crippen molar-refractivity contribution in [2.24, 2.45) is 0 Å². The van der Waals surface area contributed by atoms with Crippen LogP contribution in [-0.2, 0) is 4.79 Å². The van der Waals surface area contributed by atoms with E-state index in [1.54, 1.807) is 90.4 Å². The number of aliphatic hydroxyl groups excluding tert-OH is 8. The third-order valence-electron chi connectivity index (χ3n) is 7.26. The summed E-state index contributed by atoms with van der Waals surface area (Å²) in [6.45, 7) is -6.29. The Kier molecular flexibility index (Phi) is 21.5. The number of hydrogen-bond acceptors (Lipinski definition) is 13. The number of carbonyl (C=O) groups excluding carboxylic acids is 5. The number of rotatable bonds is 19. The average molecular weight is 1420 g/mol. The van der Waals surface area contributed by atoms with Crippen molar-refractivity contribution in [2.45, 2.75) is 24.2 Å². The number of amides is 5. The maximum absolute atomic E-state index is 14.6. The lowest BCUT2D eigenvalue weighted by Gasteiger charge is -2.44. The molecule has 0 aliphatic heterocycles. The van der Waals surface area contributed by atoms with Gasteiger partial charge < -0.3 is 51.5 Å². The van der Waals surface area contributed by atoms with Crippen molar-refractivity contribution in [3.05, 3.63) is 55.8 Å². The molecule has 0 saturated carbocycles. The van der Waals surface area contributed by atoms with Crippen molar-refractivity contribution >= 4 is 166 Å². The third-order valence-corrected chi connectivity index (χ3v) is 12.8. The molecule has 0 saturated heterocycles. The van der Waals surface area contributed by atoms with E-state index in [1.165, 1.54) is 12.1 Å². The molecule has 18 nitrogen and oxygen atoms in total. The second-order valence-corrected chi connectivity index (χ2v) is 17.4. The van der Waals surface area contributed by atoms with Crippen LogP contribution in [0.5, 0.6) is 0 Å². The van der Waals surface area contributed by atoms with Crippen molar-refractivity contribution in [1.29, 1.82) is 0 Å². The molecule has 2 aromatic rings. The summed E-state index contributed by atoms with van der Waals surface area (Å²) in [6, 6.07) is -2.46. The lowest BCUT2D eigenvalue weighted by molar-refractivity contribution is -0.187. The molecule has 2 aromatic carbocycles. The van der Waals surface area contributed by atoms with Gasteiger partial charge in [0.25, 0.3) is 23.6 Å². The van der Waals surface area contributed by atoms with Crippen LogP contribution in [0, 0.1) is 21.4 Å². The van der Waals surface area contributed by atoms with Crippen molar-refractivity contribution in [2.75, 3.05) is 52.9 Å². The molecule has 0 fully saturated rings. The number of nitrogens with one attached hydrogen (secondary N) is 2. The SMILES string of the molecule is O=CN(N(C(=O)c1c(I)cc(I)c(C(=O)NC(CO)CO)c1I)C(CO)CO)N(C(=O)c1c(I)cc(I)c(C(=O)NC(CO)CO)c1I)C(CO)CO. The molecule has 53 heavy (non-hydrogen) atoms. The summed E-state index contributed by atoms with van der Waals surface area (Å²) in [5, 5.41) is 85.7. The number of carbonyl (C=O) groups is 5. The van der Waals surface area contributed by atoms with Crippen LogP contribution in [0.1, 0.15) is 41.4 Å². The Morgan fingerprint density at radius 3 is 1.06 bits per heavy atom. The molecular formula is C29H33I6N5O13. The number of hydrogen-bond donors (Lipinski definition) is 10. The molecule has 0 aliphatic rings. The van der Waals surface area contributed by atoms with E-state index in [0.717, 1.165) is 0 Å². The predicted octanol–water partition coefficient (Wildman–Crippen LogP) is -0.940. The summed E-state index contributed by atoms with van der Waals surface area (Å²) in [5.41, 5.74) is -0.564. The molecule has 24 heteroatoms. The highest BCUT2D eigenvalue weighted by atomic mass is 127. The molecule has 0 aliphatic carbocycles. The van der Waals surface area contributed by atoms with Crippen LogP contribution in [0.2, 0.25) is 0 Å². The number of aliphatic hydroxyl groups is 8. The van der Waals surface area contributed by atoms with E-state index in [0.29, 0.717) is 22.3 Å². The van der Waals surface area contributed by atoms with Crippen LogP contribution in [0.25, 0.3) is 0 Å². The monoisotopic (exact) mass is 1420 g/mol. The number of halogens is 6. The molecule has 5 amide bonds. The summed E-state index contributed by atoms with van der Waals surface area (Å²) < 4.78 is 1.19. The molecule has 0 heterocycles. The summed E-state index contributed by atoms with van der Waals surface area (Å²) in [7, 11) is 0. The minimum Gasteiger partial charge on any atom is -0.394 e. The van der Waals surface area contributed by atoms with Gasteiger partial charge in [-0.3, -0.25) is 24.0 Å². The van der Waals surface area contributed by atoms with Gasteiger partial charge in [-0.1, -0.05) is 0 Å². The van der Waals surface area contributed by atoms with E-state index in [9.17, 15) is 64.8 Å². The van der Waals surface area contributed by atoms with E-state index in [4.69, 9.17) is 0 Å². The first-order valence-corrected chi connectivity index (χ1v) is 21.3. The van der Waals surface area contributed by atoms with Gasteiger partial charge in [-0.15, -0.1) is 0 Å². The largest absolute Gasteiger partial charge is 0.394 e. The zero-order valence-electron chi connectivity index (χ0n) is 26.9. The van der Waals surface area contributed by atoms with Crippen LogP contribution in [0.3, 0.4) is 0 Å². The van der Waals surface area contributed by atoms with Gasteiger partial charge in [0.1, 0.15) is 12.1 Å². The Bertz CT molecular complexity index is 1540. The van der Waals surface area contributed by atoms with Gasteiger partial charge in [-0.2, -0.15) is 5.12 Å². The molecule has 2 rings (SSSR count). The van der Waals surface area contributed by atoms with Crippen molar-refractivity contribution in [1.82, 2.24) is 25.8 Å². The number of nitrogens with zero attached hydrogens (tertiary/aromatic N) is 3. The molecular weight excluding hydrogens is 1390 g/mol. The normalized spacial score (nSPS) is 11.4. The standard InChI is InChI=1S/C29H33I6N5O13/c30-16-1-18(32)22(24(34)20(16)26(50)36-12(3-41)4-42)28(52)39(14(7-45)8-46)38(11-49)40(15(9-47)10-48)29(53)23-19(33)2-17(31)21(25(23)35)27(51)37-13(5-43)6-44/h1-2,11-15,41-48H,3-10H2,(H,36,50)(H,37,51). The summed E-state index contributed by atoms with van der Waals surface area (Å²) in [6.07, 6.45) is -0.0211. The lowest BCUT2D eigenvalue weighted by Crippen LogP contribution is -2.65. The van der Waals surface area contributed by atoms with Gasteiger partial charge in [0.05, 0.1) is 87.2 Å². The van der Waals surface area contributed by atoms with E-state index in [1.807, 2.05) is 45.2 Å². The fourth-order valence-corrected chi connectivity index (χ4v) is 13.2. The van der Waals surface area contributed by atoms with E-state index in [-0.39, 0.29) is 42.9 Å². The smallest absolute Gasteiger partial charge is 0.276 e. The summed E-state index contributed by atoms with van der Waals surface area (Å²) >= 11 is 10.7. The van der Waals surface area contributed by atoms with Crippen molar-refractivity contribution in [3.8, 4) is 0 Å². The maximum Gasteiger partial charge on any atom is 0.276 e. The van der Waals surface area contributed by atoms with Gasteiger partial charge in [0, 0.05) is 21.4 Å². The Hall–Kier alpha value is -0.150. The lowest BCUT2D eigenvalue weighted by atomic mass is 10.1. The topological polar surface area (TPSA) is 281 Å². The van der Waals surface area contributed by atoms with Gasteiger partial charge in [-0.25, -0.2) is 10.0 Å². The quantitative estimate of drug-likeness (QED) is 0.0463.